The minimum atomic E-state index is 0.0518. The summed E-state index contributed by atoms with van der Waals surface area (Å²) >= 11 is 0. The number of amides is 1. The first-order chi connectivity index (χ1) is 6.43. The minimum absolute atomic E-state index is 0.0518. The van der Waals surface area contributed by atoms with Gasteiger partial charge in [0.15, 0.2) is 0 Å². The van der Waals surface area contributed by atoms with Crippen molar-refractivity contribution in [3.8, 4) is 0 Å². The molecule has 1 aliphatic heterocycles. The maximum atomic E-state index is 12.0. The molecule has 3 nitrogen and oxygen atoms in total. The molecule has 3 heteroatoms. The van der Waals surface area contributed by atoms with Crippen LogP contribution in [0.4, 0.5) is 0 Å². The lowest BCUT2D eigenvalue weighted by atomic mass is 9.81. The van der Waals surface area contributed by atoms with Crippen molar-refractivity contribution in [3.63, 3.8) is 0 Å². The summed E-state index contributed by atoms with van der Waals surface area (Å²) in [6.07, 6.45) is 2.29. The van der Waals surface area contributed by atoms with Crippen LogP contribution in [0.15, 0.2) is 0 Å². The van der Waals surface area contributed by atoms with Gasteiger partial charge in [-0.25, -0.2) is 5.43 Å². The highest BCUT2D eigenvalue weighted by atomic mass is 16.2. The van der Waals surface area contributed by atoms with Crippen molar-refractivity contribution in [2.75, 3.05) is 13.1 Å². The van der Waals surface area contributed by atoms with E-state index in [4.69, 9.17) is 0 Å². The second kappa shape index (κ2) is 4.30. The first-order valence-corrected chi connectivity index (χ1v) is 5.48. The van der Waals surface area contributed by atoms with E-state index >= 15 is 0 Å². The number of hydrogen-bond acceptors (Lipinski definition) is 2. The van der Waals surface area contributed by atoms with Crippen LogP contribution >= 0.6 is 0 Å². The number of carbonyl (C=O) groups is 1. The van der Waals surface area contributed by atoms with E-state index in [1.807, 2.05) is 6.92 Å². The molecule has 0 spiro atoms. The third-order valence-electron chi connectivity index (χ3n) is 3.05. The van der Waals surface area contributed by atoms with Crippen molar-refractivity contribution < 1.29 is 4.79 Å². The van der Waals surface area contributed by atoms with Gasteiger partial charge in [0.25, 0.3) is 0 Å². The average Bonchev–Trinajstić information content (AvgIpc) is 2.15. The van der Waals surface area contributed by atoms with Crippen LogP contribution in [-0.2, 0) is 4.79 Å². The summed E-state index contributed by atoms with van der Waals surface area (Å²) < 4.78 is 0. The lowest BCUT2D eigenvalue weighted by molar-refractivity contribution is -0.142. The zero-order valence-electron chi connectivity index (χ0n) is 9.76. The second-order valence-electron chi connectivity index (χ2n) is 5.19. The van der Waals surface area contributed by atoms with Crippen LogP contribution in [0, 0.1) is 11.3 Å². The van der Waals surface area contributed by atoms with E-state index in [9.17, 15) is 4.79 Å². The summed E-state index contributed by atoms with van der Waals surface area (Å²) in [6.45, 7) is 10.1. The van der Waals surface area contributed by atoms with Crippen LogP contribution in [0.25, 0.3) is 0 Å². The molecule has 0 saturated carbocycles. The highest BCUT2D eigenvalue weighted by Crippen LogP contribution is 2.27. The first-order valence-electron chi connectivity index (χ1n) is 5.48. The fourth-order valence-corrected chi connectivity index (χ4v) is 1.48. The maximum Gasteiger partial charge on any atom is 0.240 e. The second-order valence-corrected chi connectivity index (χ2v) is 5.19. The van der Waals surface area contributed by atoms with Gasteiger partial charge in [-0.05, 0) is 18.3 Å². The molecular formula is C11H22N2O. The molecule has 0 aromatic rings. The van der Waals surface area contributed by atoms with Gasteiger partial charge in [-0.1, -0.05) is 27.7 Å². The van der Waals surface area contributed by atoms with E-state index < -0.39 is 0 Å². The third-order valence-corrected chi connectivity index (χ3v) is 3.05. The Labute approximate surface area is 86.8 Å². The Morgan fingerprint density at radius 1 is 1.36 bits per heavy atom. The molecule has 0 aromatic carbocycles. The highest BCUT2D eigenvalue weighted by Gasteiger charge is 2.30. The number of rotatable bonds is 1. The molecule has 0 bridgehead atoms. The highest BCUT2D eigenvalue weighted by molar-refractivity contribution is 5.78. The number of nitrogens with zero attached hydrogens (tertiary/aromatic N) is 1. The van der Waals surface area contributed by atoms with E-state index in [0.29, 0.717) is 0 Å². The maximum absolute atomic E-state index is 12.0. The number of nitrogens with one attached hydrogen (secondary N) is 1. The van der Waals surface area contributed by atoms with Gasteiger partial charge in [-0.15, -0.1) is 0 Å². The van der Waals surface area contributed by atoms with E-state index in [1.54, 1.807) is 5.01 Å². The molecule has 1 rings (SSSR count). The Hall–Kier alpha value is -0.570. The zero-order valence-corrected chi connectivity index (χ0v) is 9.76. The molecule has 0 radical (unpaired) electrons. The topological polar surface area (TPSA) is 32.3 Å². The molecule has 1 aliphatic rings. The predicted molar refractivity (Wildman–Crippen MR) is 57.6 cm³/mol. The van der Waals surface area contributed by atoms with Crippen LogP contribution in [0.2, 0.25) is 0 Å². The molecule has 82 valence electrons. The zero-order chi connectivity index (χ0) is 10.8. The number of hydrazine groups is 1. The molecule has 0 aromatic heterocycles. The Bertz CT molecular complexity index is 202. The summed E-state index contributed by atoms with van der Waals surface area (Å²) in [5.41, 5.74) is 3.21. The quantitative estimate of drug-likeness (QED) is 0.696. The Morgan fingerprint density at radius 3 is 2.43 bits per heavy atom. The van der Waals surface area contributed by atoms with Crippen molar-refractivity contribution in [1.82, 2.24) is 10.4 Å². The fourth-order valence-electron chi connectivity index (χ4n) is 1.48. The molecule has 1 amide bonds. The summed E-state index contributed by atoms with van der Waals surface area (Å²) in [4.78, 5) is 12.0. The standard InChI is InChI=1S/C11H22N2O/c1-9(11(2,3)4)10(14)13-8-6-5-7-12-13/h9,12H,5-8H2,1-4H3. The Balaban J connectivity index is 2.55. The van der Waals surface area contributed by atoms with Gasteiger partial charge in [-0.2, -0.15) is 0 Å². The molecule has 14 heavy (non-hydrogen) atoms. The minimum Gasteiger partial charge on any atom is -0.278 e. The number of hydrogen-bond donors (Lipinski definition) is 1. The molecule has 1 atom stereocenters. The van der Waals surface area contributed by atoms with Crippen LogP contribution in [0.1, 0.15) is 40.5 Å². The third kappa shape index (κ3) is 2.71. The van der Waals surface area contributed by atoms with Gasteiger partial charge in [0.2, 0.25) is 5.91 Å². The van der Waals surface area contributed by atoms with Gasteiger partial charge in [0, 0.05) is 19.0 Å². The van der Waals surface area contributed by atoms with Crippen molar-refractivity contribution in [2.45, 2.75) is 40.5 Å². The molecule has 1 heterocycles. The van der Waals surface area contributed by atoms with Gasteiger partial charge in [0.1, 0.15) is 0 Å². The molecular weight excluding hydrogens is 176 g/mol. The average molecular weight is 198 g/mol. The summed E-state index contributed by atoms with van der Waals surface area (Å²) in [7, 11) is 0. The smallest absolute Gasteiger partial charge is 0.240 e. The van der Waals surface area contributed by atoms with Crippen LogP contribution in [-0.4, -0.2) is 24.0 Å². The van der Waals surface area contributed by atoms with Crippen molar-refractivity contribution in [2.24, 2.45) is 11.3 Å². The lowest BCUT2D eigenvalue weighted by Crippen LogP contribution is -2.50. The molecule has 1 fully saturated rings. The van der Waals surface area contributed by atoms with Gasteiger partial charge in [-0.3, -0.25) is 9.80 Å². The van der Waals surface area contributed by atoms with E-state index in [1.165, 1.54) is 6.42 Å². The largest absolute Gasteiger partial charge is 0.278 e. The van der Waals surface area contributed by atoms with Crippen molar-refractivity contribution in [1.29, 1.82) is 0 Å². The predicted octanol–water partition coefficient (Wildman–Crippen LogP) is 1.80. The van der Waals surface area contributed by atoms with Gasteiger partial charge >= 0.3 is 0 Å². The van der Waals surface area contributed by atoms with Gasteiger partial charge in [0.05, 0.1) is 0 Å². The monoisotopic (exact) mass is 198 g/mol. The van der Waals surface area contributed by atoms with E-state index in [2.05, 4.69) is 26.2 Å². The summed E-state index contributed by atoms with van der Waals surface area (Å²) in [6, 6.07) is 0. The SMILES string of the molecule is CC(C(=O)N1CCCCN1)C(C)(C)C. The van der Waals surface area contributed by atoms with Crippen LogP contribution < -0.4 is 5.43 Å². The summed E-state index contributed by atoms with van der Waals surface area (Å²) in [5, 5.41) is 1.79. The normalized spacial score (nSPS) is 20.7. The van der Waals surface area contributed by atoms with Crippen LogP contribution in [0.3, 0.4) is 0 Å². The molecule has 0 aliphatic carbocycles. The van der Waals surface area contributed by atoms with E-state index in [0.717, 1.165) is 19.5 Å². The van der Waals surface area contributed by atoms with Crippen LogP contribution in [0.5, 0.6) is 0 Å². The molecule has 1 N–H and O–H groups in total. The molecule has 1 saturated heterocycles. The Morgan fingerprint density at radius 2 is 2.00 bits per heavy atom. The van der Waals surface area contributed by atoms with E-state index in [-0.39, 0.29) is 17.2 Å². The molecule has 1 unspecified atom stereocenters. The fraction of sp³-hybridized carbons (Fsp3) is 0.909. The van der Waals surface area contributed by atoms with Crippen molar-refractivity contribution in [3.05, 3.63) is 0 Å². The van der Waals surface area contributed by atoms with Crippen molar-refractivity contribution >= 4 is 5.91 Å². The lowest BCUT2D eigenvalue weighted by Gasteiger charge is -2.34. The Kier molecular flexibility index (Phi) is 3.53. The van der Waals surface area contributed by atoms with Gasteiger partial charge < -0.3 is 0 Å². The first kappa shape index (κ1) is 11.5. The summed E-state index contributed by atoms with van der Waals surface area (Å²) in [5.74, 6) is 0.310. The number of carbonyl (C=O) groups excluding carboxylic acids is 1.